The molecular weight excluding hydrogens is 316 g/mol. The molecule has 4 nitrogen and oxygen atoms in total. The summed E-state index contributed by atoms with van der Waals surface area (Å²) in [7, 11) is 0. The summed E-state index contributed by atoms with van der Waals surface area (Å²) >= 11 is 0. The highest BCUT2D eigenvalue weighted by molar-refractivity contribution is 6.06. The number of ketones is 2. The Bertz CT molecular complexity index is 789. The molecule has 3 aliphatic rings. The van der Waals surface area contributed by atoms with E-state index in [-0.39, 0.29) is 17.5 Å². The third kappa shape index (κ3) is 2.15. The molecule has 0 aliphatic heterocycles. The number of carbonyl (C=O) groups is 2. The molecule has 0 saturated heterocycles. The van der Waals surface area contributed by atoms with E-state index < -0.39 is 16.2 Å². The topological polar surface area (TPSA) is 74.6 Å². The first-order chi connectivity index (χ1) is 11.7. The Morgan fingerprint density at radius 3 is 2.36 bits per heavy atom. The van der Waals surface area contributed by atoms with Crippen molar-refractivity contribution >= 4 is 11.6 Å². The Morgan fingerprint density at radius 1 is 1.16 bits per heavy atom. The molecule has 1 unspecified atom stereocenters. The summed E-state index contributed by atoms with van der Waals surface area (Å²) in [5.74, 6) is 2.67. The van der Waals surface area contributed by atoms with Gasteiger partial charge in [0, 0.05) is 16.6 Å². The minimum atomic E-state index is -0.640. The Morgan fingerprint density at radius 2 is 1.80 bits per heavy atom. The van der Waals surface area contributed by atoms with Gasteiger partial charge in [-0.2, -0.15) is 0 Å². The lowest BCUT2D eigenvalue weighted by molar-refractivity contribution is -0.134. The number of aliphatic hydroxyl groups is 2. The molecular formula is C21H24O4. The van der Waals surface area contributed by atoms with Crippen LogP contribution in [0.5, 0.6) is 0 Å². The van der Waals surface area contributed by atoms with Crippen molar-refractivity contribution < 1.29 is 19.8 Å². The number of aliphatic hydroxyl groups excluding tert-OH is 2. The Labute approximate surface area is 148 Å². The summed E-state index contributed by atoms with van der Waals surface area (Å²) in [6.07, 6.45) is 11.4. The van der Waals surface area contributed by atoms with Crippen LogP contribution in [0.15, 0.2) is 35.3 Å². The van der Waals surface area contributed by atoms with Gasteiger partial charge in [0.1, 0.15) is 0 Å². The third-order valence-corrected chi connectivity index (χ3v) is 6.74. The van der Waals surface area contributed by atoms with Crippen LogP contribution >= 0.6 is 0 Å². The second-order valence-electron chi connectivity index (χ2n) is 8.37. The predicted octanol–water partition coefficient (Wildman–Crippen LogP) is 3.80. The smallest absolute Gasteiger partial charge is 0.184 e. The summed E-state index contributed by atoms with van der Waals surface area (Å²) in [6.45, 7) is 5.87. The molecule has 0 amide bonds. The van der Waals surface area contributed by atoms with E-state index in [1.54, 1.807) is 6.08 Å². The normalized spacial score (nSPS) is 40.2. The van der Waals surface area contributed by atoms with Crippen molar-refractivity contribution in [2.75, 3.05) is 0 Å². The second-order valence-corrected chi connectivity index (χ2v) is 8.37. The summed E-state index contributed by atoms with van der Waals surface area (Å²) in [5.41, 5.74) is -0.160. The van der Waals surface area contributed by atoms with Crippen molar-refractivity contribution in [3.8, 4) is 12.3 Å². The van der Waals surface area contributed by atoms with Gasteiger partial charge in [0.2, 0.25) is 0 Å². The number of hydrogen-bond donors (Lipinski definition) is 2. The average molecular weight is 340 g/mol. The van der Waals surface area contributed by atoms with Crippen LogP contribution in [0, 0.1) is 34.5 Å². The largest absolute Gasteiger partial charge is 0.515 e. The molecule has 3 atom stereocenters. The fourth-order valence-corrected chi connectivity index (χ4v) is 5.54. The van der Waals surface area contributed by atoms with E-state index in [0.717, 1.165) is 24.5 Å². The SMILES string of the molecule is C#C[C@@]12CCC3C(C)(C)C(=O)/C(=C\O)C[C@]3(C)C1=CC(=O)/C(=C\O)C2. The van der Waals surface area contributed by atoms with Gasteiger partial charge in [-0.15, -0.1) is 6.42 Å². The fourth-order valence-electron chi connectivity index (χ4n) is 5.54. The maximum atomic E-state index is 12.8. The van der Waals surface area contributed by atoms with Crippen LogP contribution in [0.1, 0.15) is 46.5 Å². The van der Waals surface area contributed by atoms with E-state index in [4.69, 9.17) is 6.42 Å². The van der Waals surface area contributed by atoms with E-state index >= 15 is 0 Å². The van der Waals surface area contributed by atoms with Gasteiger partial charge < -0.3 is 10.2 Å². The van der Waals surface area contributed by atoms with Gasteiger partial charge in [-0.1, -0.05) is 26.7 Å². The highest BCUT2D eigenvalue weighted by Gasteiger charge is 2.61. The summed E-state index contributed by atoms with van der Waals surface area (Å²) < 4.78 is 0. The average Bonchev–Trinajstić information content (AvgIpc) is 2.58. The molecule has 0 aromatic rings. The van der Waals surface area contributed by atoms with Crippen LogP contribution < -0.4 is 0 Å². The van der Waals surface area contributed by atoms with Crippen LogP contribution in [0.25, 0.3) is 0 Å². The highest BCUT2D eigenvalue weighted by atomic mass is 16.2. The number of allylic oxidation sites excluding steroid dienone is 4. The number of fused-ring (bicyclic) bond motifs is 3. The summed E-state index contributed by atoms with van der Waals surface area (Å²) in [4.78, 5) is 25.2. The van der Waals surface area contributed by atoms with Gasteiger partial charge in [0.05, 0.1) is 17.9 Å². The van der Waals surface area contributed by atoms with Gasteiger partial charge in [-0.3, -0.25) is 9.59 Å². The van der Waals surface area contributed by atoms with Crippen molar-refractivity contribution in [3.63, 3.8) is 0 Å². The highest BCUT2D eigenvalue weighted by Crippen LogP contribution is 2.65. The van der Waals surface area contributed by atoms with Crippen molar-refractivity contribution in [2.24, 2.45) is 22.2 Å². The number of carbonyl (C=O) groups excluding carboxylic acids is 2. The van der Waals surface area contributed by atoms with E-state index in [9.17, 15) is 19.8 Å². The monoisotopic (exact) mass is 340 g/mol. The molecule has 0 bridgehead atoms. The minimum Gasteiger partial charge on any atom is -0.515 e. The van der Waals surface area contributed by atoms with E-state index in [0.29, 0.717) is 30.4 Å². The molecule has 3 aliphatic carbocycles. The zero-order valence-corrected chi connectivity index (χ0v) is 14.9. The lowest BCUT2D eigenvalue weighted by atomic mass is 9.43. The van der Waals surface area contributed by atoms with Crippen LogP contribution in [-0.2, 0) is 9.59 Å². The number of terminal acetylenes is 1. The van der Waals surface area contributed by atoms with E-state index in [1.807, 2.05) is 20.8 Å². The van der Waals surface area contributed by atoms with Crippen LogP contribution in [0.3, 0.4) is 0 Å². The first-order valence-electron chi connectivity index (χ1n) is 8.62. The molecule has 4 heteroatoms. The lowest BCUT2D eigenvalue weighted by Crippen LogP contribution is -2.55. The molecule has 0 radical (unpaired) electrons. The fraction of sp³-hybridized carbons (Fsp3) is 0.524. The zero-order valence-electron chi connectivity index (χ0n) is 14.9. The van der Waals surface area contributed by atoms with Gasteiger partial charge >= 0.3 is 0 Å². The predicted molar refractivity (Wildman–Crippen MR) is 94.6 cm³/mol. The Kier molecular flexibility index (Phi) is 3.76. The Balaban J connectivity index is 2.23. The van der Waals surface area contributed by atoms with Crippen LogP contribution in [-0.4, -0.2) is 21.8 Å². The van der Waals surface area contributed by atoms with Crippen LogP contribution in [0.4, 0.5) is 0 Å². The number of Topliss-reactive ketones (excluding diaryl/α,β-unsaturated/α-hetero) is 1. The standard InChI is InChI=1S/C21H24O4/c1-5-21-7-6-16-19(2,3)18(25)14(12-23)9-20(16,4)17(21)8-15(24)13(10-21)11-22/h1,8,11-12,16,22-23H,6-7,9-10H2,2-4H3/b13-11-,14-12-/t16?,20-,21-/m0/s1. The van der Waals surface area contributed by atoms with Gasteiger partial charge in [-0.05, 0) is 48.7 Å². The first kappa shape index (κ1) is 17.5. The summed E-state index contributed by atoms with van der Waals surface area (Å²) in [6, 6.07) is 0. The first-order valence-corrected chi connectivity index (χ1v) is 8.62. The molecule has 2 N–H and O–H groups in total. The van der Waals surface area contributed by atoms with E-state index in [1.165, 1.54) is 0 Å². The van der Waals surface area contributed by atoms with Gasteiger partial charge in [0.25, 0.3) is 0 Å². The molecule has 25 heavy (non-hydrogen) atoms. The molecule has 3 rings (SSSR count). The zero-order chi connectivity index (χ0) is 18.6. The van der Waals surface area contributed by atoms with Crippen molar-refractivity contribution in [3.05, 3.63) is 35.3 Å². The minimum absolute atomic E-state index is 0.0376. The second kappa shape index (κ2) is 5.36. The molecule has 2 fully saturated rings. The molecule has 0 heterocycles. The van der Waals surface area contributed by atoms with Gasteiger partial charge in [0.15, 0.2) is 11.6 Å². The molecule has 132 valence electrons. The third-order valence-electron chi connectivity index (χ3n) is 6.74. The van der Waals surface area contributed by atoms with Crippen molar-refractivity contribution in [2.45, 2.75) is 46.5 Å². The maximum Gasteiger partial charge on any atom is 0.184 e. The summed E-state index contributed by atoms with van der Waals surface area (Å²) in [5, 5.41) is 19.0. The van der Waals surface area contributed by atoms with Gasteiger partial charge in [-0.25, -0.2) is 0 Å². The van der Waals surface area contributed by atoms with E-state index in [2.05, 4.69) is 5.92 Å². The quantitative estimate of drug-likeness (QED) is 0.399. The van der Waals surface area contributed by atoms with Crippen molar-refractivity contribution in [1.82, 2.24) is 0 Å². The van der Waals surface area contributed by atoms with Crippen LogP contribution in [0.2, 0.25) is 0 Å². The molecule has 0 aromatic heterocycles. The van der Waals surface area contributed by atoms with Crippen molar-refractivity contribution in [1.29, 1.82) is 0 Å². The number of hydrogen-bond acceptors (Lipinski definition) is 4. The molecule has 0 spiro atoms. The Hall–Kier alpha value is -2.28. The number of rotatable bonds is 0. The molecule has 2 saturated carbocycles. The lowest BCUT2D eigenvalue weighted by Gasteiger charge is -2.59. The molecule has 0 aromatic carbocycles. The maximum absolute atomic E-state index is 12.8.